The fourth-order valence-electron chi connectivity index (χ4n) is 2.99. The van der Waals surface area contributed by atoms with E-state index in [0.717, 1.165) is 19.6 Å². The van der Waals surface area contributed by atoms with Crippen molar-refractivity contribution >= 4 is 29.2 Å². The molecule has 1 aromatic carbocycles. The number of ether oxygens (including phenoxy) is 1. The Labute approximate surface area is 174 Å². The zero-order chi connectivity index (χ0) is 20.7. The van der Waals surface area contributed by atoms with E-state index < -0.39 is 6.61 Å². The van der Waals surface area contributed by atoms with Gasteiger partial charge in [-0.25, -0.2) is 4.99 Å². The lowest BCUT2D eigenvalue weighted by Crippen LogP contribution is -2.55. The monoisotopic (exact) mass is 437 g/mol. The summed E-state index contributed by atoms with van der Waals surface area (Å²) in [4.78, 5) is 9.08. The van der Waals surface area contributed by atoms with Gasteiger partial charge in [-0.3, -0.25) is 4.90 Å². The summed E-state index contributed by atoms with van der Waals surface area (Å²) in [5, 5.41) is 6.84. The molecule has 1 aliphatic heterocycles. The number of aliphatic imine (C=N–C) groups is 1. The lowest BCUT2D eigenvalue weighted by molar-refractivity contribution is -0.0503. The van der Waals surface area contributed by atoms with E-state index in [2.05, 4.69) is 44.3 Å². The van der Waals surface area contributed by atoms with Gasteiger partial charge in [0.25, 0.3) is 0 Å². The normalized spacial score (nSPS) is 19.1. The van der Waals surface area contributed by atoms with Crippen molar-refractivity contribution in [1.29, 1.82) is 0 Å². The molecule has 0 spiro atoms. The fraction of sp³-hybridized carbons (Fsp3) is 0.611. The summed E-state index contributed by atoms with van der Waals surface area (Å²) in [6.07, 6.45) is 0. The van der Waals surface area contributed by atoms with Gasteiger partial charge in [-0.05, 0) is 33.2 Å². The minimum Gasteiger partial charge on any atom is -0.433 e. The van der Waals surface area contributed by atoms with E-state index in [1.54, 1.807) is 0 Å². The number of alkyl halides is 2. The highest BCUT2D eigenvalue weighted by atomic mass is 35.5. The van der Waals surface area contributed by atoms with Gasteiger partial charge < -0.3 is 20.3 Å². The smallest absolute Gasteiger partial charge is 0.387 e. The van der Waals surface area contributed by atoms with E-state index in [0.29, 0.717) is 35.7 Å². The Morgan fingerprint density at radius 2 is 2.04 bits per heavy atom. The molecule has 10 heteroatoms. The van der Waals surface area contributed by atoms with Crippen LogP contribution in [0.4, 0.5) is 8.78 Å². The maximum absolute atomic E-state index is 12.7. The Hall–Kier alpha value is -1.35. The highest BCUT2D eigenvalue weighted by molar-refractivity contribution is 6.35. The first kappa shape index (κ1) is 22.9. The number of nitrogens with one attached hydrogen (secondary N) is 2. The van der Waals surface area contributed by atoms with Gasteiger partial charge in [0.15, 0.2) is 5.96 Å². The number of rotatable bonds is 7. The zero-order valence-corrected chi connectivity index (χ0v) is 17.8. The van der Waals surface area contributed by atoms with Gasteiger partial charge in [0.05, 0.1) is 11.6 Å². The zero-order valence-electron chi connectivity index (χ0n) is 16.3. The van der Waals surface area contributed by atoms with E-state index in [4.69, 9.17) is 23.2 Å². The second kappa shape index (κ2) is 11.0. The molecule has 6 nitrogen and oxygen atoms in total. The molecular formula is C18H27Cl2F2N5O. The number of benzene rings is 1. The van der Waals surface area contributed by atoms with E-state index in [1.807, 2.05) is 6.92 Å². The molecular weight excluding hydrogens is 411 g/mol. The predicted molar refractivity (Wildman–Crippen MR) is 110 cm³/mol. The number of piperazine rings is 1. The van der Waals surface area contributed by atoms with Gasteiger partial charge in [-0.2, -0.15) is 8.78 Å². The molecule has 158 valence electrons. The summed E-state index contributed by atoms with van der Waals surface area (Å²) in [5.41, 5.74) is 0.393. The van der Waals surface area contributed by atoms with Crippen LogP contribution in [-0.4, -0.2) is 75.2 Å². The van der Waals surface area contributed by atoms with Crippen molar-refractivity contribution in [3.8, 4) is 5.75 Å². The average Bonchev–Trinajstić information content (AvgIpc) is 2.62. The van der Waals surface area contributed by atoms with Crippen LogP contribution < -0.4 is 15.4 Å². The quantitative estimate of drug-likeness (QED) is 0.507. The Morgan fingerprint density at radius 3 is 2.71 bits per heavy atom. The van der Waals surface area contributed by atoms with Gasteiger partial charge >= 0.3 is 6.61 Å². The van der Waals surface area contributed by atoms with Crippen molar-refractivity contribution in [3.63, 3.8) is 0 Å². The minimum atomic E-state index is -2.98. The molecule has 0 aromatic heterocycles. The van der Waals surface area contributed by atoms with Crippen LogP contribution in [-0.2, 0) is 6.54 Å². The first-order valence-corrected chi connectivity index (χ1v) is 9.89. The molecule has 1 aliphatic rings. The van der Waals surface area contributed by atoms with Gasteiger partial charge in [0, 0.05) is 49.4 Å². The maximum Gasteiger partial charge on any atom is 0.387 e. The van der Waals surface area contributed by atoms with Crippen molar-refractivity contribution < 1.29 is 13.5 Å². The van der Waals surface area contributed by atoms with Crippen LogP contribution in [0.3, 0.4) is 0 Å². The fourth-order valence-corrected chi connectivity index (χ4v) is 3.57. The molecule has 1 fully saturated rings. The van der Waals surface area contributed by atoms with Crippen molar-refractivity contribution in [2.45, 2.75) is 26.1 Å². The first-order chi connectivity index (χ1) is 13.3. The second-order valence-corrected chi connectivity index (χ2v) is 7.57. The number of nitrogens with zero attached hydrogens (tertiary/aromatic N) is 3. The van der Waals surface area contributed by atoms with Crippen molar-refractivity contribution in [3.05, 3.63) is 27.7 Å². The van der Waals surface area contributed by atoms with Crippen molar-refractivity contribution in [1.82, 2.24) is 20.4 Å². The number of guanidine groups is 1. The molecule has 0 bridgehead atoms. The van der Waals surface area contributed by atoms with Crippen LogP contribution >= 0.6 is 23.2 Å². The molecule has 0 amide bonds. The minimum absolute atomic E-state index is 0.0304. The average molecular weight is 438 g/mol. The SMILES string of the molecule is CCNC(=NCc1cc(Cl)cc(Cl)c1OC(F)F)NCC1CN(C)CCN1C. The number of likely N-dealkylation sites (N-methyl/N-ethyl adjacent to an activating group) is 2. The van der Waals surface area contributed by atoms with Crippen LogP contribution in [0.5, 0.6) is 5.75 Å². The molecule has 2 rings (SSSR count). The highest BCUT2D eigenvalue weighted by Crippen LogP contribution is 2.34. The summed E-state index contributed by atoms with van der Waals surface area (Å²) in [6.45, 7) is 3.46. The third-order valence-corrected chi connectivity index (χ3v) is 5.03. The summed E-state index contributed by atoms with van der Waals surface area (Å²) in [6, 6.07) is 3.25. The van der Waals surface area contributed by atoms with Crippen LogP contribution in [0, 0.1) is 0 Å². The van der Waals surface area contributed by atoms with Gasteiger partial charge in [0.1, 0.15) is 5.75 Å². The maximum atomic E-state index is 12.7. The molecule has 1 saturated heterocycles. The Balaban J connectivity index is 2.09. The van der Waals surface area contributed by atoms with Crippen molar-refractivity contribution in [2.24, 2.45) is 4.99 Å². The first-order valence-electron chi connectivity index (χ1n) is 9.13. The topological polar surface area (TPSA) is 52.1 Å². The van der Waals surface area contributed by atoms with E-state index in [1.165, 1.54) is 12.1 Å². The highest BCUT2D eigenvalue weighted by Gasteiger charge is 2.22. The van der Waals surface area contributed by atoms with Crippen molar-refractivity contribution in [2.75, 3.05) is 46.8 Å². The Bertz CT molecular complexity index is 678. The molecule has 28 heavy (non-hydrogen) atoms. The lowest BCUT2D eigenvalue weighted by Gasteiger charge is -2.37. The molecule has 1 atom stereocenters. The number of hydrogen-bond donors (Lipinski definition) is 2. The molecule has 1 aromatic rings. The Kier molecular flexibility index (Phi) is 9.01. The molecule has 0 saturated carbocycles. The van der Waals surface area contributed by atoms with Gasteiger partial charge in [-0.1, -0.05) is 23.2 Å². The molecule has 1 unspecified atom stereocenters. The third kappa shape index (κ3) is 6.92. The molecule has 0 radical (unpaired) electrons. The van der Waals surface area contributed by atoms with E-state index in [9.17, 15) is 8.78 Å². The van der Waals surface area contributed by atoms with Crippen LogP contribution in [0.1, 0.15) is 12.5 Å². The molecule has 1 heterocycles. The van der Waals surface area contributed by atoms with E-state index >= 15 is 0 Å². The number of hydrogen-bond acceptors (Lipinski definition) is 4. The summed E-state index contributed by atoms with van der Waals surface area (Å²) in [5.74, 6) is 0.484. The lowest BCUT2D eigenvalue weighted by atomic mass is 10.2. The second-order valence-electron chi connectivity index (χ2n) is 6.73. The van der Waals surface area contributed by atoms with Crippen LogP contribution in [0.2, 0.25) is 10.0 Å². The third-order valence-electron chi connectivity index (χ3n) is 4.53. The van der Waals surface area contributed by atoms with Crippen LogP contribution in [0.25, 0.3) is 0 Å². The van der Waals surface area contributed by atoms with E-state index in [-0.39, 0.29) is 17.3 Å². The molecule has 0 aliphatic carbocycles. The Morgan fingerprint density at radius 1 is 1.29 bits per heavy atom. The predicted octanol–water partition coefficient (Wildman–Crippen LogP) is 2.90. The molecule has 2 N–H and O–H groups in total. The van der Waals surface area contributed by atoms with Gasteiger partial charge in [0.2, 0.25) is 0 Å². The van der Waals surface area contributed by atoms with Crippen LogP contribution in [0.15, 0.2) is 17.1 Å². The largest absolute Gasteiger partial charge is 0.433 e. The summed E-state index contributed by atoms with van der Waals surface area (Å²) < 4.78 is 30.0. The number of halogens is 4. The summed E-state index contributed by atoms with van der Waals surface area (Å²) >= 11 is 12.0. The summed E-state index contributed by atoms with van der Waals surface area (Å²) in [7, 11) is 4.21. The standard InChI is InChI=1S/C18H27Cl2F2N5O/c1-4-23-18(25-10-14-11-26(2)5-6-27(14)3)24-9-12-7-13(19)8-15(20)16(12)28-17(21)22/h7-8,14,17H,4-6,9-11H2,1-3H3,(H2,23,24,25). The van der Waals surface area contributed by atoms with Gasteiger partial charge in [-0.15, -0.1) is 0 Å².